The lowest BCUT2D eigenvalue weighted by Crippen LogP contribution is -2.29. The average molecular weight is 563 g/mol. The molecule has 7 nitrogen and oxygen atoms in total. The molecule has 0 spiro atoms. The van der Waals surface area contributed by atoms with E-state index in [9.17, 15) is 4.79 Å². The second kappa shape index (κ2) is 10.3. The lowest BCUT2D eigenvalue weighted by Gasteiger charge is -2.29. The summed E-state index contributed by atoms with van der Waals surface area (Å²) in [6.45, 7) is 9.82. The highest BCUT2D eigenvalue weighted by atomic mass is 35.5. The third-order valence-corrected chi connectivity index (χ3v) is 7.81. The van der Waals surface area contributed by atoms with Crippen LogP contribution in [0.5, 0.6) is 0 Å². The minimum atomic E-state index is -0.919. The number of benzene rings is 3. The van der Waals surface area contributed by atoms with Crippen LogP contribution in [0.25, 0.3) is 42.8 Å². The van der Waals surface area contributed by atoms with Gasteiger partial charge in [-0.3, -0.25) is 4.68 Å². The number of ether oxygens (including phenoxy) is 2. The van der Waals surface area contributed by atoms with Gasteiger partial charge in [-0.15, -0.1) is 11.3 Å². The number of carbonyl (C=O) groups is 1. The number of rotatable bonds is 6. The molecule has 2 N–H and O–H groups in total. The van der Waals surface area contributed by atoms with Crippen molar-refractivity contribution in [2.24, 2.45) is 7.05 Å². The number of hydrogen-bond acceptors (Lipinski definition) is 7. The van der Waals surface area contributed by atoms with Gasteiger partial charge in [0.05, 0.1) is 27.9 Å². The van der Waals surface area contributed by atoms with Crippen LogP contribution in [0.4, 0.5) is 5.82 Å². The Kier molecular flexibility index (Phi) is 7.13. The number of carbonyl (C=O) groups excluding carboxylic acids is 1. The highest BCUT2D eigenvalue weighted by Crippen LogP contribution is 2.45. The summed E-state index contributed by atoms with van der Waals surface area (Å²) in [5.41, 5.74) is 11.8. The predicted octanol–water partition coefficient (Wildman–Crippen LogP) is 7.48. The number of hydrogen-bond donors (Lipinski definition) is 1. The fraction of sp³-hybridized carbons (Fsp3) is 0.300. The highest BCUT2D eigenvalue weighted by Gasteiger charge is 2.33. The van der Waals surface area contributed by atoms with Gasteiger partial charge in [0.25, 0.3) is 0 Å². The third kappa shape index (κ3) is 5.24. The van der Waals surface area contributed by atoms with Gasteiger partial charge in [0.15, 0.2) is 11.9 Å². The van der Waals surface area contributed by atoms with Gasteiger partial charge in [0, 0.05) is 34.1 Å². The van der Waals surface area contributed by atoms with Crippen molar-refractivity contribution in [3.05, 3.63) is 64.7 Å². The van der Waals surface area contributed by atoms with Crippen LogP contribution < -0.4 is 5.73 Å². The van der Waals surface area contributed by atoms with Crippen molar-refractivity contribution in [1.29, 1.82) is 0 Å². The number of aryl methyl sites for hydroxylation is 2. The average Bonchev–Trinajstić information content (AvgIpc) is 3.42. The molecular formula is C30H31ClN4O3S. The molecule has 9 heteroatoms. The standard InChI is InChI=1S/C30H31ClN4O3S/c1-7-37-29(36)25(38-30(3,4)5)23-16(2)14-21-26(24(23)17-8-11-19(31)12-9-17)39-28(33-21)18-10-13-22-20(15-18)27(32)34-35(22)6/h8-15,25H,7H2,1-6H3,(H2,32,34)/t25-/m0/s1. The summed E-state index contributed by atoms with van der Waals surface area (Å²) >= 11 is 7.81. The Morgan fingerprint density at radius 2 is 1.82 bits per heavy atom. The third-order valence-electron chi connectivity index (χ3n) is 6.42. The molecule has 0 aliphatic carbocycles. The maximum Gasteiger partial charge on any atom is 0.339 e. The number of thiazole rings is 1. The molecular weight excluding hydrogens is 532 g/mol. The molecule has 2 aromatic heterocycles. The lowest BCUT2D eigenvalue weighted by molar-refractivity contribution is -0.166. The van der Waals surface area contributed by atoms with Crippen molar-refractivity contribution in [2.45, 2.75) is 46.3 Å². The first-order valence-corrected chi connectivity index (χ1v) is 13.9. The van der Waals surface area contributed by atoms with E-state index in [4.69, 9.17) is 31.8 Å². The van der Waals surface area contributed by atoms with Gasteiger partial charge >= 0.3 is 5.97 Å². The molecule has 0 aliphatic rings. The zero-order chi connectivity index (χ0) is 28.1. The Bertz CT molecular complexity index is 1700. The molecule has 0 fully saturated rings. The molecule has 0 radical (unpaired) electrons. The maximum absolute atomic E-state index is 13.3. The van der Waals surface area contributed by atoms with E-state index in [0.29, 0.717) is 10.8 Å². The van der Waals surface area contributed by atoms with Crippen LogP contribution in [-0.4, -0.2) is 32.9 Å². The quantitative estimate of drug-likeness (QED) is 0.216. The number of nitrogen functional groups attached to an aromatic ring is 1. The van der Waals surface area contributed by atoms with Crippen LogP contribution in [-0.2, 0) is 21.3 Å². The number of anilines is 1. The molecule has 0 saturated carbocycles. The molecule has 5 aromatic rings. The topological polar surface area (TPSA) is 92.3 Å². The molecule has 39 heavy (non-hydrogen) atoms. The maximum atomic E-state index is 13.3. The summed E-state index contributed by atoms with van der Waals surface area (Å²) < 4.78 is 14.6. The SMILES string of the molecule is CCOC(=O)[C@@H](OC(C)(C)C)c1c(C)cc2nc(-c3ccc4c(c3)c(N)nn4C)sc2c1-c1ccc(Cl)cc1. The predicted molar refractivity (Wildman–Crippen MR) is 159 cm³/mol. The minimum Gasteiger partial charge on any atom is -0.464 e. The van der Waals surface area contributed by atoms with E-state index in [-0.39, 0.29) is 6.61 Å². The Hall–Kier alpha value is -3.46. The van der Waals surface area contributed by atoms with Crippen LogP contribution in [0.1, 0.15) is 44.9 Å². The minimum absolute atomic E-state index is 0.255. The molecule has 0 saturated heterocycles. The number of nitrogens with two attached hydrogens (primary N) is 1. The normalized spacial score (nSPS) is 12.8. The van der Waals surface area contributed by atoms with E-state index in [1.54, 1.807) is 22.9 Å². The van der Waals surface area contributed by atoms with Crippen molar-refractivity contribution >= 4 is 55.8 Å². The smallest absolute Gasteiger partial charge is 0.339 e. The molecule has 0 unspecified atom stereocenters. The van der Waals surface area contributed by atoms with Crippen LogP contribution in [0, 0.1) is 6.92 Å². The van der Waals surface area contributed by atoms with Crippen LogP contribution >= 0.6 is 22.9 Å². The fourth-order valence-corrected chi connectivity index (χ4v) is 6.04. The molecule has 5 rings (SSSR count). The van der Waals surface area contributed by atoms with E-state index >= 15 is 0 Å². The molecule has 2 heterocycles. The Morgan fingerprint density at radius 1 is 1.13 bits per heavy atom. The first kappa shape index (κ1) is 27.1. The summed E-state index contributed by atoms with van der Waals surface area (Å²) in [7, 11) is 1.87. The number of aromatic nitrogens is 3. The van der Waals surface area contributed by atoms with Crippen molar-refractivity contribution in [2.75, 3.05) is 12.3 Å². The Morgan fingerprint density at radius 3 is 2.49 bits per heavy atom. The van der Waals surface area contributed by atoms with Gasteiger partial charge < -0.3 is 15.2 Å². The molecule has 202 valence electrons. The van der Waals surface area contributed by atoms with Crippen molar-refractivity contribution in [3.63, 3.8) is 0 Å². The largest absolute Gasteiger partial charge is 0.464 e. The number of fused-ring (bicyclic) bond motifs is 2. The first-order chi connectivity index (χ1) is 18.5. The monoisotopic (exact) mass is 562 g/mol. The van der Waals surface area contributed by atoms with Gasteiger partial charge in [0.1, 0.15) is 5.01 Å². The van der Waals surface area contributed by atoms with Gasteiger partial charge in [-0.1, -0.05) is 23.7 Å². The van der Waals surface area contributed by atoms with E-state index in [2.05, 4.69) is 5.10 Å². The number of halogens is 1. The van der Waals surface area contributed by atoms with Crippen LogP contribution in [0.15, 0.2) is 48.5 Å². The molecule has 0 amide bonds. The van der Waals surface area contributed by atoms with E-state index in [0.717, 1.165) is 53.9 Å². The van der Waals surface area contributed by atoms with Crippen molar-refractivity contribution in [1.82, 2.24) is 14.8 Å². The lowest BCUT2D eigenvalue weighted by atomic mass is 9.91. The van der Waals surface area contributed by atoms with Crippen LogP contribution in [0.3, 0.4) is 0 Å². The highest BCUT2D eigenvalue weighted by molar-refractivity contribution is 7.22. The summed E-state index contributed by atoms with van der Waals surface area (Å²) in [4.78, 5) is 18.3. The van der Waals surface area contributed by atoms with Gasteiger partial charge in [-0.25, -0.2) is 9.78 Å². The summed E-state index contributed by atoms with van der Waals surface area (Å²) in [5, 5.41) is 6.69. The first-order valence-electron chi connectivity index (χ1n) is 12.7. The van der Waals surface area contributed by atoms with Crippen molar-refractivity contribution in [3.8, 4) is 21.7 Å². The Labute approximate surface area is 236 Å². The zero-order valence-corrected chi connectivity index (χ0v) is 24.4. The van der Waals surface area contributed by atoms with E-state index in [1.807, 2.05) is 83.3 Å². The number of nitrogens with zero attached hydrogens (tertiary/aromatic N) is 3. The summed E-state index contributed by atoms with van der Waals surface area (Å²) in [6.07, 6.45) is -0.919. The van der Waals surface area contributed by atoms with E-state index in [1.165, 1.54) is 0 Å². The molecule has 3 aromatic carbocycles. The molecule has 0 aliphatic heterocycles. The van der Waals surface area contributed by atoms with E-state index < -0.39 is 17.7 Å². The van der Waals surface area contributed by atoms with Crippen molar-refractivity contribution < 1.29 is 14.3 Å². The van der Waals surface area contributed by atoms with Gasteiger partial charge in [0.2, 0.25) is 0 Å². The summed E-state index contributed by atoms with van der Waals surface area (Å²) in [6, 6.07) is 15.7. The second-order valence-electron chi connectivity index (χ2n) is 10.5. The van der Waals surface area contributed by atoms with Crippen LogP contribution in [0.2, 0.25) is 5.02 Å². The Balaban J connectivity index is 1.78. The number of esters is 1. The second-order valence-corrected chi connectivity index (χ2v) is 11.9. The van der Waals surface area contributed by atoms with Gasteiger partial charge in [-0.05, 0) is 82.1 Å². The molecule has 1 atom stereocenters. The zero-order valence-electron chi connectivity index (χ0n) is 22.8. The van der Waals surface area contributed by atoms with Gasteiger partial charge in [-0.2, -0.15) is 5.10 Å². The molecule has 0 bridgehead atoms. The summed E-state index contributed by atoms with van der Waals surface area (Å²) in [5.74, 6) is 0.0550. The fourth-order valence-electron chi connectivity index (χ4n) is 4.80.